The number of rotatable bonds is 3. The van der Waals surface area contributed by atoms with Crippen molar-refractivity contribution in [1.29, 1.82) is 0 Å². The van der Waals surface area contributed by atoms with E-state index in [1.807, 2.05) is 0 Å². The predicted octanol–water partition coefficient (Wildman–Crippen LogP) is 2.34. The topological polar surface area (TPSA) is 68.5 Å². The van der Waals surface area contributed by atoms with Gasteiger partial charge in [-0.2, -0.15) is 13.2 Å². The van der Waals surface area contributed by atoms with Gasteiger partial charge in [-0.25, -0.2) is 0 Å². The van der Waals surface area contributed by atoms with E-state index < -0.39 is 23.9 Å². The van der Waals surface area contributed by atoms with E-state index in [0.29, 0.717) is 22.3 Å². The summed E-state index contributed by atoms with van der Waals surface area (Å²) in [6, 6.07) is 6.88. The van der Waals surface area contributed by atoms with Crippen molar-refractivity contribution in [2.45, 2.75) is 6.18 Å². The number of benzene rings is 1. The number of primary amides is 1. The molecule has 1 fully saturated rings. The molecule has 1 saturated heterocycles. The van der Waals surface area contributed by atoms with Crippen molar-refractivity contribution in [3.8, 4) is 5.75 Å². The summed E-state index contributed by atoms with van der Waals surface area (Å²) < 4.78 is 44.9. The lowest BCUT2D eigenvalue weighted by atomic mass is 9.95. The molecule has 1 aromatic heterocycles. The Kier molecular flexibility index (Phi) is 3.98. The van der Waals surface area contributed by atoms with Crippen molar-refractivity contribution < 1.29 is 22.7 Å². The zero-order valence-corrected chi connectivity index (χ0v) is 12.9. The maximum absolute atomic E-state index is 13.2. The fourth-order valence-electron chi connectivity index (χ4n) is 3.20. The van der Waals surface area contributed by atoms with Crippen LogP contribution >= 0.6 is 0 Å². The number of carbonyl (C=O) groups is 1. The Labute approximate surface area is 136 Å². The quantitative estimate of drug-likeness (QED) is 0.932. The number of amides is 1. The number of fused-ring (bicyclic) bond motifs is 1. The van der Waals surface area contributed by atoms with E-state index in [2.05, 4.69) is 4.98 Å². The first-order chi connectivity index (χ1) is 11.3. The van der Waals surface area contributed by atoms with Crippen LogP contribution in [0.5, 0.6) is 5.75 Å². The maximum Gasteiger partial charge on any atom is 0.394 e. The summed E-state index contributed by atoms with van der Waals surface area (Å²) in [5.41, 5.74) is 6.32. The molecule has 3 rings (SSSR count). The van der Waals surface area contributed by atoms with Crippen molar-refractivity contribution in [3.63, 3.8) is 0 Å². The largest absolute Gasteiger partial charge is 0.494 e. The van der Waals surface area contributed by atoms with Gasteiger partial charge in [0.2, 0.25) is 5.91 Å². The lowest BCUT2D eigenvalue weighted by Crippen LogP contribution is -2.37. The molecule has 1 aliphatic rings. The highest BCUT2D eigenvalue weighted by Gasteiger charge is 2.52. The minimum atomic E-state index is -4.48. The summed E-state index contributed by atoms with van der Waals surface area (Å²) in [7, 11) is 1.50. The molecule has 128 valence electrons. The number of nitrogens with zero attached hydrogens (tertiary/aromatic N) is 2. The number of para-hydroxylation sites is 1. The Hall–Kier alpha value is -2.51. The van der Waals surface area contributed by atoms with Gasteiger partial charge in [0.15, 0.2) is 0 Å². The van der Waals surface area contributed by atoms with E-state index in [0.717, 1.165) is 0 Å². The molecule has 0 bridgehead atoms. The molecule has 1 amide bonds. The Bertz CT molecular complexity index is 779. The smallest absolute Gasteiger partial charge is 0.394 e. The zero-order chi connectivity index (χ0) is 17.5. The van der Waals surface area contributed by atoms with Gasteiger partial charge in [-0.3, -0.25) is 9.78 Å². The molecule has 1 aromatic carbocycles. The van der Waals surface area contributed by atoms with Crippen molar-refractivity contribution in [1.82, 2.24) is 4.98 Å². The van der Waals surface area contributed by atoms with Gasteiger partial charge >= 0.3 is 6.18 Å². The Morgan fingerprint density at radius 2 is 2.08 bits per heavy atom. The van der Waals surface area contributed by atoms with Gasteiger partial charge in [0.25, 0.3) is 0 Å². The fraction of sp³-hybridized carbons (Fsp3) is 0.375. The molecule has 0 saturated carbocycles. The summed E-state index contributed by atoms with van der Waals surface area (Å²) in [5.74, 6) is -3.44. The molecule has 0 spiro atoms. The number of nitrogens with two attached hydrogens (primary N) is 1. The Morgan fingerprint density at radius 3 is 2.67 bits per heavy atom. The molecule has 8 heteroatoms. The molecule has 0 unspecified atom stereocenters. The summed E-state index contributed by atoms with van der Waals surface area (Å²) in [6.07, 6.45) is -2.96. The van der Waals surface area contributed by atoms with E-state index in [9.17, 15) is 18.0 Å². The van der Waals surface area contributed by atoms with Crippen LogP contribution in [0, 0.1) is 11.8 Å². The van der Waals surface area contributed by atoms with Gasteiger partial charge in [0.05, 0.1) is 18.9 Å². The number of methoxy groups -OCH3 is 1. The van der Waals surface area contributed by atoms with Gasteiger partial charge in [-0.15, -0.1) is 0 Å². The van der Waals surface area contributed by atoms with Gasteiger partial charge in [-0.05, 0) is 12.1 Å². The standard InChI is InChI=1S/C16H16F3N3O2/c1-24-13-4-2-3-9-12(5-6-21-14(9)13)22-7-10(15(20)23)11(8-22)16(17,18)19/h2-6,10-11H,7-8H2,1H3,(H2,20,23)/t10-,11-/m1/s1. The van der Waals surface area contributed by atoms with Gasteiger partial charge in [-0.1, -0.05) is 12.1 Å². The van der Waals surface area contributed by atoms with Crippen LogP contribution in [-0.4, -0.2) is 37.3 Å². The van der Waals surface area contributed by atoms with E-state index in [1.165, 1.54) is 18.2 Å². The average molecular weight is 339 g/mol. The van der Waals surface area contributed by atoms with E-state index in [4.69, 9.17) is 10.5 Å². The number of halogens is 3. The van der Waals surface area contributed by atoms with E-state index in [1.54, 1.807) is 24.3 Å². The molecule has 2 heterocycles. The second kappa shape index (κ2) is 5.85. The van der Waals surface area contributed by atoms with E-state index >= 15 is 0 Å². The molecule has 2 atom stereocenters. The number of aromatic nitrogens is 1. The summed E-state index contributed by atoms with van der Waals surface area (Å²) in [6.45, 7) is -0.386. The number of pyridine rings is 1. The third kappa shape index (κ3) is 2.72. The first-order valence-corrected chi connectivity index (χ1v) is 7.35. The number of hydrogen-bond donors (Lipinski definition) is 1. The zero-order valence-electron chi connectivity index (χ0n) is 12.9. The normalized spacial score (nSPS) is 21.2. The number of carbonyl (C=O) groups excluding carboxylic acids is 1. The summed E-state index contributed by atoms with van der Waals surface area (Å²) in [5, 5.41) is 0.669. The first-order valence-electron chi connectivity index (χ1n) is 7.35. The predicted molar refractivity (Wildman–Crippen MR) is 82.7 cm³/mol. The van der Waals surface area contributed by atoms with Crippen LogP contribution in [-0.2, 0) is 4.79 Å². The molecule has 24 heavy (non-hydrogen) atoms. The van der Waals surface area contributed by atoms with E-state index in [-0.39, 0.29) is 13.1 Å². The minimum Gasteiger partial charge on any atom is -0.494 e. The third-order valence-corrected chi connectivity index (χ3v) is 4.38. The molecular formula is C16H16F3N3O2. The number of anilines is 1. The second-order valence-electron chi connectivity index (χ2n) is 5.75. The fourth-order valence-corrected chi connectivity index (χ4v) is 3.20. The van der Waals surface area contributed by atoms with Crippen molar-refractivity contribution in [2.24, 2.45) is 17.6 Å². The molecule has 5 nitrogen and oxygen atoms in total. The SMILES string of the molecule is COc1cccc2c(N3C[C@@H](C(F)(F)F)[C@H](C(N)=O)C3)ccnc12. The number of alkyl halides is 3. The van der Waals surface area contributed by atoms with Crippen LogP contribution in [0.2, 0.25) is 0 Å². The van der Waals surface area contributed by atoms with Crippen LogP contribution in [0.1, 0.15) is 0 Å². The molecule has 0 aliphatic carbocycles. The monoisotopic (exact) mass is 339 g/mol. The lowest BCUT2D eigenvalue weighted by molar-refractivity contribution is -0.181. The Balaban J connectivity index is 2.04. The molecular weight excluding hydrogens is 323 g/mol. The van der Waals surface area contributed by atoms with Gasteiger partial charge in [0, 0.05) is 30.4 Å². The number of hydrogen-bond acceptors (Lipinski definition) is 4. The molecule has 2 N–H and O–H groups in total. The molecule has 2 aromatic rings. The van der Waals surface area contributed by atoms with Crippen LogP contribution in [0.15, 0.2) is 30.5 Å². The summed E-state index contributed by atoms with van der Waals surface area (Å²) in [4.78, 5) is 17.2. The number of ether oxygens (including phenoxy) is 1. The highest BCUT2D eigenvalue weighted by molar-refractivity contribution is 5.95. The van der Waals surface area contributed by atoms with Crippen molar-refractivity contribution in [2.75, 3.05) is 25.1 Å². The van der Waals surface area contributed by atoms with Crippen molar-refractivity contribution >= 4 is 22.5 Å². The van der Waals surface area contributed by atoms with Crippen LogP contribution < -0.4 is 15.4 Å². The third-order valence-electron chi connectivity index (χ3n) is 4.38. The van der Waals surface area contributed by atoms with Crippen molar-refractivity contribution in [3.05, 3.63) is 30.5 Å². The second-order valence-corrected chi connectivity index (χ2v) is 5.75. The average Bonchev–Trinajstić information content (AvgIpc) is 2.99. The summed E-state index contributed by atoms with van der Waals surface area (Å²) >= 11 is 0. The van der Waals surface area contributed by atoms with Gasteiger partial charge < -0.3 is 15.4 Å². The lowest BCUT2D eigenvalue weighted by Gasteiger charge is -2.21. The van der Waals surface area contributed by atoms with Gasteiger partial charge in [0.1, 0.15) is 11.3 Å². The minimum absolute atomic E-state index is 0.0736. The van der Waals surface area contributed by atoms with Crippen LogP contribution in [0.3, 0.4) is 0 Å². The molecule has 1 aliphatic heterocycles. The Morgan fingerprint density at radius 1 is 1.33 bits per heavy atom. The van der Waals surface area contributed by atoms with Crippen LogP contribution in [0.4, 0.5) is 18.9 Å². The van der Waals surface area contributed by atoms with Crippen LogP contribution in [0.25, 0.3) is 10.9 Å². The maximum atomic E-state index is 13.2. The molecule has 0 radical (unpaired) electrons. The highest BCUT2D eigenvalue weighted by Crippen LogP contribution is 2.41. The first kappa shape index (κ1) is 16.4. The highest BCUT2D eigenvalue weighted by atomic mass is 19.4.